The van der Waals surface area contributed by atoms with Crippen LogP contribution in [-0.4, -0.2) is 18.3 Å². The summed E-state index contributed by atoms with van der Waals surface area (Å²) in [5.74, 6) is 1.54. The highest BCUT2D eigenvalue weighted by Gasteiger charge is 2.16. The van der Waals surface area contributed by atoms with Crippen LogP contribution in [0.25, 0.3) is 0 Å². The van der Waals surface area contributed by atoms with E-state index in [9.17, 15) is 5.11 Å². The van der Waals surface area contributed by atoms with Crippen LogP contribution in [0.4, 0.5) is 0 Å². The van der Waals surface area contributed by atoms with E-state index in [0.717, 1.165) is 29.0 Å². The number of aliphatic hydroxyl groups excluding tert-OH is 1. The van der Waals surface area contributed by atoms with Crippen LogP contribution in [0.15, 0.2) is 12.1 Å². The van der Waals surface area contributed by atoms with E-state index in [4.69, 9.17) is 9.47 Å². The highest BCUT2D eigenvalue weighted by molar-refractivity contribution is 5.48. The summed E-state index contributed by atoms with van der Waals surface area (Å²) in [6.45, 7) is 5.02. The summed E-state index contributed by atoms with van der Waals surface area (Å²) in [4.78, 5) is 0. The van der Waals surface area contributed by atoms with Gasteiger partial charge < -0.3 is 14.6 Å². The molecule has 0 saturated carbocycles. The maximum atomic E-state index is 9.64. The quantitative estimate of drug-likeness (QED) is 0.808. The second-order valence-electron chi connectivity index (χ2n) is 3.72. The lowest BCUT2D eigenvalue weighted by Crippen LogP contribution is -2.16. The largest absolute Gasteiger partial charge is 0.486 e. The van der Waals surface area contributed by atoms with Crippen molar-refractivity contribution in [1.29, 1.82) is 0 Å². The molecule has 0 fully saturated rings. The van der Waals surface area contributed by atoms with Crippen LogP contribution >= 0.6 is 0 Å². The first kappa shape index (κ1) is 10.3. The van der Waals surface area contributed by atoms with Crippen molar-refractivity contribution in [3.8, 4) is 11.5 Å². The summed E-state index contributed by atoms with van der Waals surface area (Å²) in [7, 11) is 0. The van der Waals surface area contributed by atoms with Crippen molar-refractivity contribution in [3.05, 3.63) is 23.3 Å². The zero-order valence-corrected chi connectivity index (χ0v) is 9.12. The average molecular weight is 208 g/mol. The van der Waals surface area contributed by atoms with Gasteiger partial charge in [0.2, 0.25) is 0 Å². The molecule has 1 N–H and O–H groups in total. The summed E-state index contributed by atoms with van der Waals surface area (Å²) >= 11 is 0. The van der Waals surface area contributed by atoms with Gasteiger partial charge in [-0.3, -0.25) is 0 Å². The van der Waals surface area contributed by atoms with E-state index in [1.165, 1.54) is 0 Å². The lowest BCUT2D eigenvalue weighted by Gasteiger charge is -2.21. The predicted octanol–water partition coefficient (Wildman–Crippen LogP) is 2.07. The number of benzene rings is 1. The summed E-state index contributed by atoms with van der Waals surface area (Å²) in [6.07, 6.45) is 0.424. The molecular formula is C12H16O3. The second-order valence-corrected chi connectivity index (χ2v) is 3.72. The number of hydrogen-bond acceptors (Lipinski definition) is 3. The van der Waals surface area contributed by atoms with E-state index in [2.05, 4.69) is 6.92 Å². The molecule has 0 bridgehead atoms. The lowest BCUT2D eigenvalue weighted by atomic mass is 10.00. The molecule has 1 atom stereocenters. The molecule has 1 heterocycles. The summed E-state index contributed by atoms with van der Waals surface area (Å²) < 4.78 is 11.0. The molecule has 0 radical (unpaired) electrons. The Bertz CT molecular complexity index is 358. The van der Waals surface area contributed by atoms with Gasteiger partial charge in [0.25, 0.3) is 0 Å². The number of aliphatic hydroxyl groups is 1. The number of hydrogen-bond donors (Lipinski definition) is 1. The third-order valence-corrected chi connectivity index (χ3v) is 2.64. The fraction of sp³-hybridized carbons (Fsp3) is 0.500. The maximum absolute atomic E-state index is 9.64. The Morgan fingerprint density at radius 1 is 1.27 bits per heavy atom. The molecule has 15 heavy (non-hydrogen) atoms. The molecule has 2 rings (SSSR count). The molecule has 1 aromatic carbocycles. The van der Waals surface area contributed by atoms with Crippen molar-refractivity contribution in [2.75, 3.05) is 13.2 Å². The third-order valence-electron chi connectivity index (χ3n) is 2.64. The number of aryl methyl sites for hydroxylation is 1. The molecule has 0 aliphatic carbocycles. The topological polar surface area (TPSA) is 38.7 Å². The van der Waals surface area contributed by atoms with Crippen LogP contribution in [0, 0.1) is 0 Å². The van der Waals surface area contributed by atoms with Crippen molar-refractivity contribution in [2.45, 2.75) is 26.4 Å². The van der Waals surface area contributed by atoms with Crippen LogP contribution in [0.2, 0.25) is 0 Å². The van der Waals surface area contributed by atoms with Gasteiger partial charge in [0, 0.05) is 0 Å². The molecule has 0 saturated heterocycles. The van der Waals surface area contributed by atoms with Crippen LogP contribution in [0.1, 0.15) is 31.1 Å². The summed E-state index contributed by atoms with van der Waals surface area (Å²) in [6, 6.07) is 3.86. The molecule has 1 aliphatic heterocycles. The molecular weight excluding hydrogens is 192 g/mol. The number of ether oxygens (including phenoxy) is 2. The molecule has 0 amide bonds. The molecule has 0 unspecified atom stereocenters. The van der Waals surface area contributed by atoms with Gasteiger partial charge in [-0.15, -0.1) is 0 Å². The van der Waals surface area contributed by atoms with Crippen LogP contribution < -0.4 is 9.47 Å². The van der Waals surface area contributed by atoms with Gasteiger partial charge >= 0.3 is 0 Å². The van der Waals surface area contributed by atoms with E-state index < -0.39 is 6.10 Å². The van der Waals surface area contributed by atoms with Crippen molar-refractivity contribution in [3.63, 3.8) is 0 Å². The molecule has 3 heteroatoms. The first-order valence-corrected chi connectivity index (χ1v) is 5.33. The molecule has 82 valence electrons. The molecule has 0 aromatic heterocycles. The molecule has 1 aliphatic rings. The third kappa shape index (κ3) is 1.92. The Labute approximate surface area is 89.6 Å². The Morgan fingerprint density at radius 2 is 1.87 bits per heavy atom. The lowest BCUT2D eigenvalue weighted by molar-refractivity contribution is 0.168. The zero-order chi connectivity index (χ0) is 10.8. The number of fused-ring (bicyclic) bond motifs is 1. The minimum atomic E-state index is -0.462. The highest BCUT2D eigenvalue weighted by Crippen LogP contribution is 2.35. The van der Waals surface area contributed by atoms with E-state index in [1.54, 1.807) is 6.92 Å². The van der Waals surface area contributed by atoms with Crippen molar-refractivity contribution in [2.24, 2.45) is 0 Å². The zero-order valence-electron chi connectivity index (χ0n) is 9.12. The van der Waals surface area contributed by atoms with Gasteiger partial charge in [-0.25, -0.2) is 0 Å². The fourth-order valence-electron chi connectivity index (χ4n) is 1.84. The van der Waals surface area contributed by atoms with Gasteiger partial charge in [0.1, 0.15) is 13.2 Å². The van der Waals surface area contributed by atoms with Gasteiger partial charge in [0.05, 0.1) is 6.10 Å². The highest BCUT2D eigenvalue weighted by atomic mass is 16.6. The maximum Gasteiger partial charge on any atom is 0.161 e. The van der Waals surface area contributed by atoms with Crippen LogP contribution in [0.3, 0.4) is 0 Å². The fourth-order valence-corrected chi connectivity index (χ4v) is 1.84. The minimum Gasteiger partial charge on any atom is -0.486 e. The Hall–Kier alpha value is -1.22. The van der Waals surface area contributed by atoms with Gasteiger partial charge in [-0.2, -0.15) is 0 Å². The Morgan fingerprint density at radius 3 is 2.40 bits per heavy atom. The summed E-state index contributed by atoms with van der Waals surface area (Å²) in [5, 5.41) is 9.64. The van der Waals surface area contributed by atoms with Crippen molar-refractivity contribution >= 4 is 0 Å². The van der Waals surface area contributed by atoms with Gasteiger partial charge in [-0.05, 0) is 36.6 Å². The Balaban J connectivity index is 2.46. The number of rotatable bonds is 2. The van der Waals surface area contributed by atoms with E-state index in [0.29, 0.717) is 13.2 Å². The van der Waals surface area contributed by atoms with Crippen molar-refractivity contribution in [1.82, 2.24) is 0 Å². The van der Waals surface area contributed by atoms with E-state index in [1.807, 2.05) is 12.1 Å². The predicted molar refractivity (Wildman–Crippen MR) is 57.4 cm³/mol. The average Bonchev–Trinajstić information content (AvgIpc) is 2.27. The van der Waals surface area contributed by atoms with Gasteiger partial charge in [0.15, 0.2) is 11.5 Å². The second kappa shape index (κ2) is 4.11. The first-order valence-electron chi connectivity index (χ1n) is 5.33. The normalized spacial score (nSPS) is 16.2. The molecule has 3 nitrogen and oxygen atoms in total. The monoisotopic (exact) mass is 208 g/mol. The molecule has 1 aromatic rings. The summed E-state index contributed by atoms with van der Waals surface area (Å²) in [5.41, 5.74) is 2.05. The smallest absolute Gasteiger partial charge is 0.161 e. The molecule has 0 spiro atoms. The van der Waals surface area contributed by atoms with Crippen LogP contribution in [0.5, 0.6) is 11.5 Å². The minimum absolute atomic E-state index is 0.462. The first-order chi connectivity index (χ1) is 7.22. The SMILES string of the molecule is CCc1cc2c(cc1[C@H](C)O)OCCO2. The van der Waals surface area contributed by atoms with Gasteiger partial charge in [-0.1, -0.05) is 6.92 Å². The van der Waals surface area contributed by atoms with E-state index >= 15 is 0 Å². The van der Waals surface area contributed by atoms with E-state index in [-0.39, 0.29) is 0 Å². The van der Waals surface area contributed by atoms with Crippen molar-refractivity contribution < 1.29 is 14.6 Å². The standard InChI is InChI=1S/C12H16O3/c1-3-9-6-11-12(15-5-4-14-11)7-10(9)8(2)13/h6-8,13H,3-5H2,1-2H3/t8-/m0/s1. The van der Waals surface area contributed by atoms with Crippen LogP contribution in [-0.2, 0) is 6.42 Å². The Kier molecular flexibility index (Phi) is 2.82.